The summed E-state index contributed by atoms with van der Waals surface area (Å²) in [6.07, 6.45) is 0.0435. The van der Waals surface area contributed by atoms with Crippen LogP contribution >= 0.6 is 0 Å². The van der Waals surface area contributed by atoms with Crippen molar-refractivity contribution in [3.05, 3.63) is 95.1 Å². The smallest absolute Gasteiger partial charge is 0.343 e. The van der Waals surface area contributed by atoms with Gasteiger partial charge in [0.15, 0.2) is 12.4 Å². The number of ether oxygens (including phenoxy) is 2. The fraction of sp³-hybridized carbons (Fsp3) is 0.214. The number of Topliss-reactive ketones (excluding diaryl/α,β-unsaturated/α-hetero) is 1. The van der Waals surface area contributed by atoms with Gasteiger partial charge in [-0.2, -0.15) is 0 Å². The minimum Gasteiger partial charge on any atom is -0.457 e. The first-order valence-electron chi connectivity index (χ1n) is 11.3. The van der Waals surface area contributed by atoms with Crippen LogP contribution in [0.25, 0.3) is 0 Å². The Kier molecular flexibility index (Phi) is 7.06. The van der Waals surface area contributed by atoms with Crippen LogP contribution in [0.15, 0.2) is 72.8 Å². The zero-order chi connectivity index (χ0) is 24.9. The van der Waals surface area contributed by atoms with E-state index in [1.54, 1.807) is 35.2 Å². The van der Waals surface area contributed by atoms with Crippen molar-refractivity contribution < 1.29 is 28.7 Å². The van der Waals surface area contributed by atoms with Crippen molar-refractivity contribution in [3.63, 3.8) is 0 Å². The van der Waals surface area contributed by atoms with Crippen molar-refractivity contribution in [3.8, 4) is 5.75 Å². The fourth-order valence-electron chi connectivity index (χ4n) is 3.91. The second-order valence-electron chi connectivity index (χ2n) is 8.44. The molecular weight excluding hydrogens is 446 g/mol. The van der Waals surface area contributed by atoms with Gasteiger partial charge in [-0.05, 0) is 67.4 Å². The van der Waals surface area contributed by atoms with Crippen LogP contribution < -0.4 is 9.64 Å². The molecule has 1 fully saturated rings. The van der Waals surface area contributed by atoms with Gasteiger partial charge in [0.1, 0.15) is 5.75 Å². The molecule has 0 saturated carbocycles. The van der Waals surface area contributed by atoms with Gasteiger partial charge in [-0.3, -0.25) is 14.4 Å². The number of aryl methyl sites for hydroxylation is 1. The summed E-state index contributed by atoms with van der Waals surface area (Å²) < 4.78 is 10.5. The fourth-order valence-corrected chi connectivity index (χ4v) is 3.91. The van der Waals surface area contributed by atoms with Crippen molar-refractivity contribution >= 4 is 29.3 Å². The molecule has 0 unspecified atom stereocenters. The van der Waals surface area contributed by atoms with E-state index in [2.05, 4.69) is 0 Å². The molecule has 35 heavy (non-hydrogen) atoms. The maximum Gasteiger partial charge on any atom is 0.343 e. The molecule has 1 atom stereocenters. The van der Waals surface area contributed by atoms with Crippen LogP contribution in [-0.4, -0.2) is 36.8 Å². The molecular formula is C28H25NO6. The SMILES string of the molecule is Cc1cccc(N2C[C@@H](C(=O)OCC(=O)c3ccc(OC(=O)c4ccccc4)cc3)CC2=O)c1C. The van der Waals surface area contributed by atoms with Crippen molar-refractivity contribution in [1.29, 1.82) is 0 Å². The van der Waals surface area contributed by atoms with Gasteiger partial charge in [-0.1, -0.05) is 30.3 Å². The zero-order valence-corrected chi connectivity index (χ0v) is 19.5. The lowest BCUT2D eigenvalue weighted by Crippen LogP contribution is -2.27. The molecule has 1 aliphatic heterocycles. The maximum absolute atomic E-state index is 12.6. The Morgan fingerprint density at radius 2 is 1.60 bits per heavy atom. The molecule has 0 radical (unpaired) electrons. The maximum atomic E-state index is 12.6. The van der Waals surface area contributed by atoms with E-state index in [0.717, 1.165) is 16.8 Å². The first-order chi connectivity index (χ1) is 16.8. The zero-order valence-electron chi connectivity index (χ0n) is 19.5. The number of esters is 2. The van der Waals surface area contributed by atoms with Crippen LogP contribution in [0.5, 0.6) is 5.75 Å². The molecule has 178 valence electrons. The standard InChI is InChI=1S/C28H25NO6/c1-18-7-6-10-24(19(18)2)29-16-22(15-26(29)31)27(32)34-17-25(30)20-11-13-23(14-12-20)35-28(33)21-8-4-3-5-9-21/h3-14,22H,15-17H2,1-2H3/t22-/m0/s1. The molecule has 1 heterocycles. The van der Waals surface area contributed by atoms with E-state index in [1.165, 1.54) is 24.3 Å². The van der Waals surface area contributed by atoms with Gasteiger partial charge < -0.3 is 14.4 Å². The van der Waals surface area contributed by atoms with Crippen LogP contribution in [0.2, 0.25) is 0 Å². The lowest BCUT2D eigenvalue weighted by molar-refractivity contribution is -0.147. The highest BCUT2D eigenvalue weighted by Crippen LogP contribution is 2.30. The summed E-state index contributed by atoms with van der Waals surface area (Å²) in [5.41, 5.74) is 3.57. The van der Waals surface area contributed by atoms with E-state index in [4.69, 9.17) is 9.47 Å². The molecule has 7 heteroatoms. The Balaban J connectivity index is 1.30. The molecule has 0 bridgehead atoms. The third kappa shape index (κ3) is 5.46. The van der Waals surface area contributed by atoms with Crippen molar-refractivity contribution in [2.24, 2.45) is 5.92 Å². The Labute approximate surface area is 203 Å². The largest absolute Gasteiger partial charge is 0.457 e. The predicted molar refractivity (Wildman–Crippen MR) is 130 cm³/mol. The number of carbonyl (C=O) groups is 4. The van der Waals surface area contributed by atoms with Gasteiger partial charge in [0, 0.05) is 24.2 Å². The van der Waals surface area contributed by atoms with E-state index in [-0.39, 0.29) is 18.9 Å². The van der Waals surface area contributed by atoms with E-state index in [0.29, 0.717) is 16.9 Å². The average Bonchev–Trinajstić information content (AvgIpc) is 3.26. The molecule has 1 aliphatic rings. The molecule has 0 N–H and O–H groups in total. The van der Waals surface area contributed by atoms with Gasteiger partial charge in [-0.15, -0.1) is 0 Å². The van der Waals surface area contributed by atoms with Gasteiger partial charge in [0.05, 0.1) is 11.5 Å². The number of carbonyl (C=O) groups excluding carboxylic acids is 4. The summed E-state index contributed by atoms with van der Waals surface area (Å²) in [5.74, 6) is -1.95. The molecule has 0 spiro atoms. The molecule has 0 aromatic heterocycles. The molecule has 7 nitrogen and oxygen atoms in total. The Morgan fingerprint density at radius 1 is 0.886 bits per heavy atom. The second-order valence-corrected chi connectivity index (χ2v) is 8.44. The summed E-state index contributed by atoms with van der Waals surface area (Å²) in [5, 5.41) is 0. The number of amides is 1. The van der Waals surface area contributed by atoms with E-state index in [1.807, 2.05) is 32.0 Å². The second kappa shape index (κ2) is 10.3. The highest BCUT2D eigenvalue weighted by Gasteiger charge is 2.37. The van der Waals surface area contributed by atoms with Gasteiger partial charge >= 0.3 is 11.9 Å². The summed E-state index contributed by atoms with van der Waals surface area (Å²) >= 11 is 0. The summed E-state index contributed by atoms with van der Waals surface area (Å²) in [6, 6.07) is 20.3. The lowest BCUT2D eigenvalue weighted by Gasteiger charge is -2.20. The quantitative estimate of drug-likeness (QED) is 0.290. The molecule has 1 amide bonds. The van der Waals surface area contributed by atoms with E-state index < -0.39 is 30.2 Å². The normalized spacial score (nSPS) is 15.1. The Hall–Kier alpha value is -4.26. The number of nitrogens with zero attached hydrogens (tertiary/aromatic N) is 1. The van der Waals surface area contributed by atoms with Crippen molar-refractivity contribution in [2.45, 2.75) is 20.3 Å². The Morgan fingerprint density at radius 3 is 2.31 bits per heavy atom. The molecule has 3 aromatic rings. The third-order valence-corrected chi connectivity index (χ3v) is 6.07. The topological polar surface area (TPSA) is 90.0 Å². The first kappa shape index (κ1) is 23.9. The number of benzene rings is 3. The molecule has 3 aromatic carbocycles. The third-order valence-electron chi connectivity index (χ3n) is 6.07. The molecule has 0 aliphatic carbocycles. The summed E-state index contributed by atoms with van der Waals surface area (Å²) in [7, 11) is 0. The predicted octanol–water partition coefficient (Wildman–Crippen LogP) is 4.30. The summed E-state index contributed by atoms with van der Waals surface area (Å²) in [4.78, 5) is 51.3. The van der Waals surface area contributed by atoms with E-state index >= 15 is 0 Å². The van der Waals surface area contributed by atoms with Gasteiger partial charge in [0.25, 0.3) is 0 Å². The van der Waals surface area contributed by atoms with Crippen molar-refractivity contribution in [1.82, 2.24) is 0 Å². The lowest BCUT2D eigenvalue weighted by atomic mass is 10.1. The average molecular weight is 472 g/mol. The van der Waals surface area contributed by atoms with Crippen LogP contribution in [0.3, 0.4) is 0 Å². The number of anilines is 1. The summed E-state index contributed by atoms with van der Waals surface area (Å²) in [6.45, 7) is 3.69. The minimum absolute atomic E-state index is 0.0435. The number of hydrogen-bond donors (Lipinski definition) is 0. The van der Waals surface area contributed by atoms with Crippen molar-refractivity contribution in [2.75, 3.05) is 18.1 Å². The highest BCUT2D eigenvalue weighted by molar-refractivity contribution is 6.01. The number of ketones is 1. The van der Waals surface area contributed by atoms with Crippen LogP contribution in [0, 0.1) is 19.8 Å². The van der Waals surface area contributed by atoms with Crippen LogP contribution in [-0.2, 0) is 14.3 Å². The number of hydrogen-bond acceptors (Lipinski definition) is 6. The van der Waals surface area contributed by atoms with Gasteiger partial charge in [-0.25, -0.2) is 4.79 Å². The minimum atomic E-state index is -0.630. The highest BCUT2D eigenvalue weighted by atomic mass is 16.5. The molecule has 4 rings (SSSR count). The first-order valence-corrected chi connectivity index (χ1v) is 11.3. The van der Waals surface area contributed by atoms with Crippen LogP contribution in [0.1, 0.15) is 38.3 Å². The Bertz CT molecular complexity index is 1270. The number of rotatable bonds is 7. The van der Waals surface area contributed by atoms with Gasteiger partial charge in [0.2, 0.25) is 5.91 Å². The van der Waals surface area contributed by atoms with E-state index in [9.17, 15) is 19.2 Å². The molecule has 1 saturated heterocycles. The van der Waals surface area contributed by atoms with Crippen LogP contribution in [0.4, 0.5) is 5.69 Å². The monoisotopic (exact) mass is 471 g/mol.